The van der Waals surface area contributed by atoms with Crippen LogP contribution in [0.15, 0.2) is 30.3 Å². The third-order valence-electron chi connectivity index (χ3n) is 2.70. The van der Waals surface area contributed by atoms with Crippen LogP contribution in [0.2, 0.25) is 5.02 Å². The summed E-state index contributed by atoms with van der Waals surface area (Å²) >= 11 is 6.07. The van der Waals surface area contributed by atoms with Crippen molar-refractivity contribution in [2.24, 2.45) is 0 Å². The topological polar surface area (TPSA) is 40.5 Å². The average Bonchev–Trinajstić information content (AvgIpc) is 2.36. The number of amides is 1. The molecule has 0 saturated heterocycles. The first-order valence-electron chi connectivity index (χ1n) is 5.93. The van der Waals surface area contributed by atoms with Gasteiger partial charge in [-0.05, 0) is 31.1 Å². The first-order chi connectivity index (χ1) is 8.60. The minimum atomic E-state index is -0.107. The predicted molar refractivity (Wildman–Crippen MR) is 74.4 cm³/mol. The van der Waals surface area contributed by atoms with E-state index in [1.54, 1.807) is 17.0 Å². The number of allylic oxidation sites excluding steroid dienone is 1. The summed E-state index contributed by atoms with van der Waals surface area (Å²) in [6.45, 7) is 4.63. The molecule has 3 nitrogen and oxygen atoms in total. The molecule has 0 fully saturated rings. The minimum absolute atomic E-state index is 0.0292. The Hall–Kier alpha value is -1.32. The van der Waals surface area contributed by atoms with E-state index in [-0.39, 0.29) is 12.5 Å². The van der Waals surface area contributed by atoms with E-state index in [2.05, 4.69) is 0 Å². The van der Waals surface area contributed by atoms with Crippen LogP contribution in [0, 0.1) is 0 Å². The number of hydrogen-bond acceptors (Lipinski definition) is 2. The summed E-state index contributed by atoms with van der Waals surface area (Å²) in [7, 11) is 0. The molecule has 0 aliphatic heterocycles. The number of hydrogen-bond donors (Lipinski definition) is 1. The lowest BCUT2D eigenvalue weighted by molar-refractivity contribution is -0.126. The zero-order chi connectivity index (χ0) is 13.5. The second-order valence-corrected chi connectivity index (χ2v) is 4.36. The first kappa shape index (κ1) is 14.7. The lowest BCUT2D eigenvalue weighted by Crippen LogP contribution is -2.32. The van der Waals surface area contributed by atoms with Gasteiger partial charge in [-0.2, -0.15) is 0 Å². The van der Waals surface area contributed by atoms with Crippen LogP contribution in [0.3, 0.4) is 0 Å². The number of aliphatic hydroxyl groups is 1. The number of likely N-dealkylation sites (N-methyl/N-ethyl adjacent to an activating group) is 1. The molecule has 0 radical (unpaired) electrons. The largest absolute Gasteiger partial charge is 0.395 e. The van der Waals surface area contributed by atoms with Gasteiger partial charge in [-0.25, -0.2) is 0 Å². The third-order valence-corrected chi connectivity index (χ3v) is 3.03. The first-order valence-corrected chi connectivity index (χ1v) is 6.31. The Morgan fingerprint density at radius 1 is 1.44 bits per heavy atom. The molecule has 0 bridgehead atoms. The summed E-state index contributed by atoms with van der Waals surface area (Å²) < 4.78 is 0. The summed E-state index contributed by atoms with van der Waals surface area (Å²) in [5.74, 6) is -0.107. The number of carbonyl (C=O) groups excluding carboxylic acids is 1. The van der Waals surface area contributed by atoms with Crippen LogP contribution in [0.1, 0.15) is 19.4 Å². The van der Waals surface area contributed by atoms with E-state index in [0.29, 0.717) is 18.1 Å². The van der Waals surface area contributed by atoms with Gasteiger partial charge in [0, 0.05) is 24.2 Å². The van der Waals surface area contributed by atoms with E-state index in [9.17, 15) is 4.79 Å². The fourth-order valence-electron chi connectivity index (χ4n) is 1.68. The van der Waals surface area contributed by atoms with Crippen molar-refractivity contribution in [1.82, 2.24) is 4.90 Å². The molecule has 1 amide bonds. The molecule has 1 aromatic carbocycles. The molecule has 0 saturated carbocycles. The fourth-order valence-corrected chi connectivity index (χ4v) is 1.96. The molecule has 0 atom stereocenters. The summed E-state index contributed by atoms with van der Waals surface area (Å²) in [5, 5.41) is 9.51. The Balaban J connectivity index is 2.89. The smallest absolute Gasteiger partial charge is 0.246 e. The van der Waals surface area contributed by atoms with Crippen molar-refractivity contribution in [3.8, 4) is 0 Å². The van der Waals surface area contributed by atoms with E-state index < -0.39 is 0 Å². The highest BCUT2D eigenvalue weighted by molar-refractivity contribution is 6.32. The van der Waals surface area contributed by atoms with Gasteiger partial charge < -0.3 is 10.0 Å². The molecule has 0 unspecified atom stereocenters. The van der Waals surface area contributed by atoms with Gasteiger partial charge in [-0.1, -0.05) is 29.8 Å². The Morgan fingerprint density at radius 2 is 2.11 bits per heavy atom. The van der Waals surface area contributed by atoms with Gasteiger partial charge >= 0.3 is 0 Å². The van der Waals surface area contributed by atoms with E-state index in [1.165, 1.54) is 0 Å². The van der Waals surface area contributed by atoms with Crippen LogP contribution in [-0.2, 0) is 4.79 Å². The second-order valence-electron chi connectivity index (χ2n) is 3.95. The Labute approximate surface area is 113 Å². The van der Waals surface area contributed by atoms with Gasteiger partial charge in [0.2, 0.25) is 5.91 Å². The van der Waals surface area contributed by atoms with Crippen LogP contribution in [0.25, 0.3) is 5.57 Å². The minimum Gasteiger partial charge on any atom is -0.395 e. The van der Waals surface area contributed by atoms with Gasteiger partial charge in [0.25, 0.3) is 0 Å². The molecule has 1 N–H and O–H groups in total. The van der Waals surface area contributed by atoms with Crippen molar-refractivity contribution < 1.29 is 9.90 Å². The molecular formula is C14H18ClNO2. The molecule has 18 heavy (non-hydrogen) atoms. The number of benzene rings is 1. The van der Waals surface area contributed by atoms with Crippen molar-refractivity contribution >= 4 is 23.1 Å². The van der Waals surface area contributed by atoms with E-state index >= 15 is 0 Å². The van der Waals surface area contributed by atoms with Crippen molar-refractivity contribution in [3.05, 3.63) is 40.9 Å². The number of rotatable bonds is 5. The summed E-state index contributed by atoms with van der Waals surface area (Å²) in [6, 6.07) is 7.41. The molecular weight excluding hydrogens is 250 g/mol. The lowest BCUT2D eigenvalue weighted by Gasteiger charge is -2.18. The monoisotopic (exact) mass is 267 g/mol. The van der Waals surface area contributed by atoms with Crippen LogP contribution in [0.5, 0.6) is 0 Å². The van der Waals surface area contributed by atoms with Gasteiger partial charge in [0.05, 0.1) is 6.61 Å². The molecule has 0 aromatic heterocycles. The van der Waals surface area contributed by atoms with Gasteiger partial charge in [-0.15, -0.1) is 0 Å². The maximum Gasteiger partial charge on any atom is 0.246 e. The van der Waals surface area contributed by atoms with E-state index in [0.717, 1.165) is 11.1 Å². The molecule has 0 spiro atoms. The zero-order valence-corrected chi connectivity index (χ0v) is 11.4. The molecule has 1 aromatic rings. The predicted octanol–water partition coefficient (Wildman–Crippen LogP) is 2.58. The number of aliphatic hydroxyl groups excluding tert-OH is 1. The Morgan fingerprint density at radius 3 is 2.67 bits per heavy atom. The summed E-state index contributed by atoms with van der Waals surface area (Å²) in [5.41, 5.74) is 1.68. The third kappa shape index (κ3) is 3.86. The highest BCUT2D eigenvalue weighted by Crippen LogP contribution is 2.23. The lowest BCUT2D eigenvalue weighted by atomic mass is 10.1. The second kappa shape index (κ2) is 7.19. The number of halogens is 1. The van der Waals surface area contributed by atoms with Crippen LogP contribution < -0.4 is 0 Å². The van der Waals surface area contributed by atoms with Crippen molar-refractivity contribution in [2.75, 3.05) is 19.7 Å². The van der Waals surface area contributed by atoms with Crippen LogP contribution in [-0.4, -0.2) is 35.6 Å². The zero-order valence-electron chi connectivity index (χ0n) is 10.7. The molecule has 4 heteroatoms. The number of carbonyl (C=O) groups is 1. The fraction of sp³-hybridized carbons (Fsp3) is 0.357. The maximum atomic E-state index is 12.0. The highest BCUT2D eigenvalue weighted by Gasteiger charge is 2.09. The molecule has 0 heterocycles. The van der Waals surface area contributed by atoms with Gasteiger partial charge in [0.15, 0.2) is 0 Å². The summed E-state index contributed by atoms with van der Waals surface area (Å²) in [4.78, 5) is 13.5. The Bertz CT molecular complexity index is 443. The molecule has 1 rings (SSSR count). The SMILES string of the molecule is CCN(CCO)C(=O)/C=C(/C)c1ccccc1Cl. The molecule has 0 aliphatic carbocycles. The van der Waals surface area contributed by atoms with Crippen LogP contribution in [0.4, 0.5) is 0 Å². The maximum absolute atomic E-state index is 12.0. The van der Waals surface area contributed by atoms with Crippen molar-refractivity contribution in [1.29, 1.82) is 0 Å². The van der Waals surface area contributed by atoms with Gasteiger partial charge in [0.1, 0.15) is 0 Å². The highest BCUT2D eigenvalue weighted by atomic mass is 35.5. The van der Waals surface area contributed by atoms with Crippen molar-refractivity contribution in [3.63, 3.8) is 0 Å². The standard InChI is InChI=1S/C14H18ClNO2/c1-3-16(8-9-17)14(18)10-11(2)12-6-4-5-7-13(12)15/h4-7,10,17H,3,8-9H2,1-2H3/b11-10-. The van der Waals surface area contributed by atoms with Gasteiger partial charge in [-0.3, -0.25) is 4.79 Å². The van der Waals surface area contributed by atoms with E-state index in [4.69, 9.17) is 16.7 Å². The van der Waals surface area contributed by atoms with E-state index in [1.807, 2.05) is 32.0 Å². The molecule has 0 aliphatic rings. The quantitative estimate of drug-likeness (QED) is 0.833. The summed E-state index contributed by atoms with van der Waals surface area (Å²) in [6.07, 6.45) is 1.56. The Kier molecular flexibility index (Phi) is 5.89. The molecule has 98 valence electrons. The number of nitrogens with zero attached hydrogens (tertiary/aromatic N) is 1. The van der Waals surface area contributed by atoms with Crippen molar-refractivity contribution in [2.45, 2.75) is 13.8 Å². The average molecular weight is 268 g/mol. The van der Waals surface area contributed by atoms with Crippen LogP contribution >= 0.6 is 11.6 Å². The normalized spacial score (nSPS) is 11.4.